The minimum Gasteiger partial charge on any atom is -0.420 e. The number of aromatic nitrogens is 2. The molecule has 0 bridgehead atoms. The molecule has 1 aliphatic rings. The average Bonchev–Trinajstić information content (AvgIpc) is 3.32. The van der Waals surface area contributed by atoms with Crippen LogP contribution in [0, 0.1) is 11.6 Å². The van der Waals surface area contributed by atoms with Crippen molar-refractivity contribution in [1.82, 2.24) is 14.5 Å². The van der Waals surface area contributed by atoms with Gasteiger partial charge in [-0.3, -0.25) is 0 Å². The highest BCUT2D eigenvalue weighted by atomic mass is 32.2. The Morgan fingerprint density at radius 3 is 2.44 bits per heavy atom. The van der Waals surface area contributed by atoms with E-state index in [1.165, 1.54) is 15.6 Å². The van der Waals surface area contributed by atoms with Gasteiger partial charge in [-0.15, -0.1) is 10.2 Å². The fourth-order valence-electron chi connectivity index (χ4n) is 3.07. The maximum Gasteiger partial charge on any atom is 0.248 e. The largest absolute Gasteiger partial charge is 0.420 e. The van der Waals surface area contributed by atoms with Gasteiger partial charge in [0.25, 0.3) is 0 Å². The molecule has 0 radical (unpaired) electrons. The molecule has 10 heteroatoms. The summed E-state index contributed by atoms with van der Waals surface area (Å²) in [6.45, 7) is 0.419. The predicted molar refractivity (Wildman–Crippen MR) is 94.7 cm³/mol. The van der Waals surface area contributed by atoms with Crippen molar-refractivity contribution in [3.8, 4) is 11.5 Å². The van der Waals surface area contributed by atoms with Gasteiger partial charge >= 0.3 is 0 Å². The SMILES string of the molecule is O=S(=O)(c1cc(F)cc(F)c1)N1CCC(c2nnc(-c3ccsc3)o2)CC1. The van der Waals surface area contributed by atoms with E-state index < -0.39 is 21.7 Å². The fourth-order valence-corrected chi connectivity index (χ4v) is 5.21. The van der Waals surface area contributed by atoms with E-state index in [9.17, 15) is 17.2 Å². The van der Waals surface area contributed by atoms with Crippen LogP contribution < -0.4 is 0 Å². The van der Waals surface area contributed by atoms with Crippen molar-refractivity contribution in [3.05, 3.63) is 52.6 Å². The molecule has 0 N–H and O–H groups in total. The second-order valence-corrected chi connectivity index (χ2v) is 8.96. The number of sulfonamides is 1. The number of piperidine rings is 1. The van der Waals surface area contributed by atoms with Gasteiger partial charge in [0.05, 0.1) is 4.90 Å². The van der Waals surface area contributed by atoms with E-state index in [4.69, 9.17) is 4.42 Å². The summed E-state index contributed by atoms with van der Waals surface area (Å²) in [6.07, 6.45) is 0.977. The van der Waals surface area contributed by atoms with Gasteiger partial charge in [0.1, 0.15) is 11.6 Å². The Bertz CT molecular complexity index is 1020. The van der Waals surface area contributed by atoms with Crippen molar-refractivity contribution in [2.75, 3.05) is 13.1 Å². The van der Waals surface area contributed by atoms with Crippen LogP contribution in [0.25, 0.3) is 11.5 Å². The van der Waals surface area contributed by atoms with E-state index in [0.29, 0.717) is 30.7 Å². The van der Waals surface area contributed by atoms with E-state index in [1.807, 2.05) is 16.8 Å². The first kappa shape index (κ1) is 18.2. The summed E-state index contributed by atoms with van der Waals surface area (Å²) in [6, 6.07) is 4.19. The molecule has 3 heterocycles. The van der Waals surface area contributed by atoms with Crippen LogP contribution in [0.4, 0.5) is 8.78 Å². The molecular weight excluding hydrogens is 396 g/mol. The lowest BCUT2D eigenvalue weighted by Gasteiger charge is -2.29. The maximum atomic E-state index is 13.4. The summed E-state index contributed by atoms with van der Waals surface area (Å²) in [4.78, 5) is -0.379. The Morgan fingerprint density at radius 2 is 1.81 bits per heavy atom. The van der Waals surface area contributed by atoms with Crippen LogP contribution in [0.15, 0.2) is 44.3 Å². The monoisotopic (exact) mass is 411 g/mol. The Hall–Kier alpha value is -2.17. The Balaban J connectivity index is 1.47. The van der Waals surface area contributed by atoms with Gasteiger partial charge in [0.15, 0.2) is 0 Å². The minimum atomic E-state index is -3.95. The van der Waals surface area contributed by atoms with Crippen molar-refractivity contribution in [1.29, 1.82) is 0 Å². The van der Waals surface area contributed by atoms with Gasteiger partial charge < -0.3 is 4.42 Å². The lowest BCUT2D eigenvalue weighted by Crippen LogP contribution is -2.38. The highest BCUT2D eigenvalue weighted by molar-refractivity contribution is 7.89. The second kappa shape index (κ2) is 7.10. The highest BCUT2D eigenvalue weighted by Crippen LogP contribution is 2.32. The van der Waals surface area contributed by atoms with E-state index in [0.717, 1.165) is 17.7 Å². The normalized spacial score (nSPS) is 16.7. The summed E-state index contributed by atoms with van der Waals surface area (Å²) in [7, 11) is -3.95. The van der Waals surface area contributed by atoms with Crippen molar-refractivity contribution < 1.29 is 21.6 Å². The molecule has 6 nitrogen and oxygen atoms in total. The zero-order valence-electron chi connectivity index (χ0n) is 14.0. The van der Waals surface area contributed by atoms with Crippen molar-refractivity contribution in [3.63, 3.8) is 0 Å². The molecule has 0 aliphatic carbocycles. The molecule has 1 fully saturated rings. The summed E-state index contributed by atoms with van der Waals surface area (Å²) in [5, 5.41) is 12.0. The third kappa shape index (κ3) is 3.64. The van der Waals surface area contributed by atoms with Crippen LogP contribution in [-0.4, -0.2) is 36.0 Å². The van der Waals surface area contributed by atoms with Crippen LogP contribution in [0.3, 0.4) is 0 Å². The van der Waals surface area contributed by atoms with Gasteiger partial charge in [0.2, 0.25) is 21.8 Å². The molecule has 0 unspecified atom stereocenters. The number of hydrogen-bond acceptors (Lipinski definition) is 6. The predicted octanol–water partition coefficient (Wildman–Crippen LogP) is 3.64. The van der Waals surface area contributed by atoms with Gasteiger partial charge in [0, 0.05) is 36.0 Å². The molecular formula is C17H15F2N3O3S2. The molecule has 27 heavy (non-hydrogen) atoms. The summed E-state index contributed by atoms with van der Waals surface area (Å²) in [5.41, 5.74) is 0.854. The van der Waals surface area contributed by atoms with Crippen LogP contribution >= 0.6 is 11.3 Å². The lowest BCUT2D eigenvalue weighted by atomic mass is 9.98. The Labute approximate surface area is 158 Å². The summed E-state index contributed by atoms with van der Waals surface area (Å²) < 4.78 is 59.0. The lowest BCUT2D eigenvalue weighted by molar-refractivity contribution is 0.291. The first-order chi connectivity index (χ1) is 12.9. The molecule has 4 rings (SSSR count). The van der Waals surface area contributed by atoms with Gasteiger partial charge in [-0.1, -0.05) is 0 Å². The van der Waals surface area contributed by atoms with Crippen molar-refractivity contribution in [2.45, 2.75) is 23.7 Å². The topological polar surface area (TPSA) is 76.3 Å². The van der Waals surface area contributed by atoms with Crippen LogP contribution in [-0.2, 0) is 10.0 Å². The number of thiophene rings is 1. The molecule has 0 saturated carbocycles. The van der Waals surface area contributed by atoms with Gasteiger partial charge in [-0.25, -0.2) is 17.2 Å². The standard InChI is InChI=1S/C17H15F2N3O3S2/c18-13-7-14(19)9-15(8-13)27(23,24)22-4-1-11(2-5-22)16-20-21-17(25-16)12-3-6-26-10-12/h3,6-11H,1-2,4-5H2. The summed E-state index contributed by atoms with van der Waals surface area (Å²) in [5.74, 6) is -0.979. The number of benzene rings is 1. The molecule has 0 atom stereocenters. The minimum absolute atomic E-state index is 0.0550. The second-order valence-electron chi connectivity index (χ2n) is 6.24. The zero-order valence-corrected chi connectivity index (χ0v) is 15.6. The molecule has 0 spiro atoms. The van der Waals surface area contributed by atoms with E-state index >= 15 is 0 Å². The first-order valence-corrected chi connectivity index (χ1v) is 10.6. The number of halogens is 2. The number of hydrogen-bond donors (Lipinski definition) is 0. The third-order valence-corrected chi connectivity index (χ3v) is 7.05. The first-order valence-electron chi connectivity index (χ1n) is 8.26. The van der Waals surface area contributed by atoms with Gasteiger partial charge in [-0.2, -0.15) is 15.6 Å². The molecule has 0 amide bonds. The molecule has 1 aromatic carbocycles. The van der Waals surface area contributed by atoms with E-state index in [2.05, 4.69) is 10.2 Å². The maximum absolute atomic E-state index is 13.4. The Morgan fingerprint density at radius 1 is 1.11 bits per heavy atom. The van der Waals surface area contributed by atoms with Crippen LogP contribution in [0.1, 0.15) is 24.7 Å². The van der Waals surface area contributed by atoms with Crippen LogP contribution in [0.2, 0.25) is 0 Å². The molecule has 1 aliphatic heterocycles. The summed E-state index contributed by atoms with van der Waals surface area (Å²) >= 11 is 1.53. The molecule has 3 aromatic rings. The molecule has 1 saturated heterocycles. The van der Waals surface area contributed by atoms with Crippen LogP contribution in [0.5, 0.6) is 0 Å². The Kier molecular flexibility index (Phi) is 4.79. The highest BCUT2D eigenvalue weighted by Gasteiger charge is 2.32. The quantitative estimate of drug-likeness (QED) is 0.655. The third-order valence-electron chi connectivity index (χ3n) is 4.49. The van der Waals surface area contributed by atoms with Crippen molar-refractivity contribution in [2.24, 2.45) is 0 Å². The van der Waals surface area contributed by atoms with E-state index in [1.54, 1.807) is 0 Å². The number of rotatable bonds is 4. The molecule has 142 valence electrons. The number of nitrogens with zero attached hydrogens (tertiary/aromatic N) is 3. The zero-order chi connectivity index (χ0) is 19.0. The van der Waals surface area contributed by atoms with E-state index in [-0.39, 0.29) is 23.9 Å². The van der Waals surface area contributed by atoms with Crippen molar-refractivity contribution >= 4 is 21.4 Å². The van der Waals surface area contributed by atoms with Gasteiger partial charge in [-0.05, 0) is 36.4 Å². The average molecular weight is 411 g/mol. The molecule has 2 aromatic heterocycles. The fraction of sp³-hybridized carbons (Fsp3) is 0.294. The smallest absolute Gasteiger partial charge is 0.248 e.